The van der Waals surface area contributed by atoms with Crippen LogP contribution in [0.15, 0.2) is 12.1 Å². The monoisotopic (exact) mass is 1040 g/mol. The first-order chi connectivity index (χ1) is 32.0. The summed E-state index contributed by atoms with van der Waals surface area (Å²) in [6.45, 7) is 5.79. The Morgan fingerprint density at radius 1 is 0.594 bits per heavy atom. The molecule has 4 bridgehead atoms. The van der Waals surface area contributed by atoms with E-state index in [9.17, 15) is 31.2 Å². The van der Waals surface area contributed by atoms with Gasteiger partial charge < -0.3 is 30.1 Å². The zero-order valence-electron chi connectivity index (χ0n) is 41.4. The van der Waals surface area contributed by atoms with Gasteiger partial charge in [-0.1, -0.05) is 12.1 Å². The van der Waals surface area contributed by atoms with Gasteiger partial charge in [0.15, 0.2) is 0 Å². The number of aryl methyl sites for hydroxylation is 4. The molecule has 4 aliphatic heterocycles. The molecule has 4 heterocycles. The number of anilines is 2. The molecule has 4 atom stereocenters. The number of hydrogen-bond donors (Lipinski definition) is 4. The molecule has 69 heavy (non-hydrogen) atoms. The van der Waals surface area contributed by atoms with E-state index in [-0.39, 0.29) is 30.6 Å². The Balaban J connectivity index is 0.000000159. The average molecular weight is 1040 g/mol. The molecule has 0 radical (unpaired) electrons. The molecule has 0 spiro atoms. The van der Waals surface area contributed by atoms with E-state index >= 15 is 0 Å². The van der Waals surface area contributed by atoms with Gasteiger partial charge in [-0.25, -0.2) is 23.8 Å². The first-order valence-corrected chi connectivity index (χ1v) is 28.6. The Morgan fingerprint density at radius 3 is 1.29 bits per heavy atom. The van der Waals surface area contributed by atoms with Crippen LogP contribution in [0.5, 0.6) is 0 Å². The molecular formula is C49H74Cl2N8O8S2. The second-order valence-electron chi connectivity index (χ2n) is 21.7. The predicted molar refractivity (Wildman–Crippen MR) is 273 cm³/mol. The van der Waals surface area contributed by atoms with Gasteiger partial charge >= 0.3 is 37.6 Å². The van der Waals surface area contributed by atoms with E-state index < -0.39 is 37.1 Å². The number of hydrogen-bond acceptors (Lipinski definition) is 10. The molecule has 0 saturated carbocycles. The molecule has 20 heteroatoms. The lowest BCUT2D eigenvalue weighted by Crippen LogP contribution is -2.55. The predicted octanol–water partition coefficient (Wildman–Crippen LogP) is 7.76. The number of nitrogens with zero attached hydrogens (tertiary/aromatic N) is 4. The van der Waals surface area contributed by atoms with Gasteiger partial charge in [0, 0.05) is 58.3 Å². The van der Waals surface area contributed by atoms with Crippen LogP contribution in [0.3, 0.4) is 0 Å². The van der Waals surface area contributed by atoms with Crippen LogP contribution < -0.4 is 20.1 Å². The molecule has 4 N–H and O–H groups in total. The highest BCUT2D eigenvalue weighted by atomic mass is 35.7. The smallest absolute Gasteiger partial charge is 0.410 e. The molecule has 4 unspecified atom stereocenters. The highest BCUT2D eigenvalue weighted by molar-refractivity contribution is 8.12. The standard InChI is InChI=1S/C22H32N4O3S.C14H26N2O2.C13H15ClN2O3S.ClH/c1-25(2)18-12-16-9-10-17(13-18)26(16)30(28,29)24-22(27)23-21-19-7-3-5-14(19)11-15-6-4-8-20(15)21;1-14(2,3)18-13(17)16-10-6-7-11(16)9-12(8-10)15(4)5;14-20(18,19)16-13(17)15-12-10-5-1-3-8(10)7-9-4-2-6-11(9)12;/h11,16-18H,3-10,12-13H2,1-2H3,(H2,23,24,27);10-12H,6-9H2,1-5H3;7H,1-6H2,(H2,15,16,17);1H. The lowest BCUT2D eigenvalue weighted by Gasteiger charge is -2.41. The third kappa shape index (κ3) is 12.3. The second kappa shape index (κ2) is 21.4. The first-order valence-electron chi connectivity index (χ1n) is 24.9. The van der Waals surface area contributed by atoms with Crippen molar-refractivity contribution in [2.24, 2.45) is 0 Å². The van der Waals surface area contributed by atoms with Crippen molar-refractivity contribution in [2.75, 3.05) is 38.8 Å². The summed E-state index contributed by atoms with van der Waals surface area (Å²) in [6, 6.07) is 4.85. The zero-order valence-corrected chi connectivity index (χ0v) is 44.6. The van der Waals surface area contributed by atoms with Gasteiger partial charge in [0.05, 0.1) is 0 Å². The highest BCUT2D eigenvalue weighted by Crippen LogP contribution is 2.42. The lowest BCUT2D eigenvalue weighted by atomic mass is 9.97. The minimum atomic E-state index is -4.06. The Morgan fingerprint density at radius 2 is 0.942 bits per heavy atom. The van der Waals surface area contributed by atoms with Crippen molar-refractivity contribution in [2.45, 2.75) is 191 Å². The molecule has 2 aromatic rings. The molecule has 2 aromatic carbocycles. The summed E-state index contributed by atoms with van der Waals surface area (Å²) < 4.78 is 59.2. The molecular weight excluding hydrogens is 964 g/mol. The van der Waals surface area contributed by atoms with Crippen molar-refractivity contribution in [1.82, 2.24) is 28.4 Å². The fourth-order valence-corrected chi connectivity index (χ4v) is 14.6. The van der Waals surface area contributed by atoms with E-state index in [4.69, 9.17) is 15.4 Å². The number of piperidine rings is 2. The van der Waals surface area contributed by atoms with Crippen molar-refractivity contribution < 1.29 is 36.0 Å². The van der Waals surface area contributed by atoms with Crippen LogP contribution in [0.4, 0.5) is 25.8 Å². The number of amides is 5. The zero-order chi connectivity index (χ0) is 48.9. The van der Waals surface area contributed by atoms with Gasteiger partial charge in [-0.15, -0.1) is 12.4 Å². The van der Waals surface area contributed by atoms with Gasteiger partial charge in [0.2, 0.25) is 0 Å². The number of urea groups is 2. The summed E-state index contributed by atoms with van der Waals surface area (Å²) in [6.07, 6.45) is 19.9. The maximum Gasteiger partial charge on any atom is 0.410 e. The number of rotatable bonds is 7. The summed E-state index contributed by atoms with van der Waals surface area (Å²) >= 11 is 0. The average Bonchev–Trinajstić information content (AvgIpc) is 4.11. The number of ether oxygens (including phenoxy) is 1. The van der Waals surface area contributed by atoms with Crippen LogP contribution in [0.25, 0.3) is 0 Å². The van der Waals surface area contributed by atoms with E-state index in [1.807, 2.05) is 25.7 Å². The van der Waals surface area contributed by atoms with Crippen molar-refractivity contribution in [3.8, 4) is 0 Å². The lowest BCUT2D eigenvalue weighted by molar-refractivity contribution is -0.000612. The molecule has 4 saturated heterocycles. The van der Waals surface area contributed by atoms with Gasteiger partial charge in [-0.05, 0) is 222 Å². The number of fused-ring (bicyclic) bond motifs is 8. The van der Waals surface area contributed by atoms with Crippen LogP contribution in [-0.2, 0) is 75.5 Å². The second-order valence-corrected chi connectivity index (χ2v) is 25.6. The van der Waals surface area contributed by atoms with Crippen molar-refractivity contribution in [1.29, 1.82) is 0 Å². The van der Waals surface area contributed by atoms with E-state index in [0.717, 1.165) is 151 Å². The van der Waals surface area contributed by atoms with E-state index in [0.29, 0.717) is 24.2 Å². The van der Waals surface area contributed by atoms with E-state index in [2.05, 4.69) is 65.5 Å². The Hall–Kier alpha value is -3.39. The summed E-state index contributed by atoms with van der Waals surface area (Å²) in [4.78, 5) is 43.3. The van der Waals surface area contributed by atoms with Crippen LogP contribution in [-0.4, -0.2) is 124 Å². The molecule has 8 aliphatic rings. The SMILES string of the molecule is CN(C)C1CC2CCC(C1)N2C(=O)OC(C)(C)C.CN(C)C1CC2CCC(C1)N2S(=O)(=O)NC(=O)Nc1c2c(cc3c1CCC3)CCC2.Cl.O=C(Nc1c2c(cc3c1CCC3)CCC2)NS(=O)(=O)Cl. The molecule has 4 aliphatic carbocycles. The third-order valence-corrected chi connectivity index (χ3v) is 17.8. The number of carbonyl (C=O) groups excluding carboxylic acids is 3. The van der Waals surface area contributed by atoms with Gasteiger partial charge in [0.1, 0.15) is 5.60 Å². The summed E-state index contributed by atoms with van der Waals surface area (Å²) in [5.41, 5.74) is 11.2. The topological polar surface area (TPSA) is 190 Å². The fraction of sp³-hybridized carbons (Fsp3) is 0.694. The minimum Gasteiger partial charge on any atom is -0.444 e. The van der Waals surface area contributed by atoms with Gasteiger partial charge in [-0.2, -0.15) is 21.1 Å². The van der Waals surface area contributed by atoms with E-state index in [1.54, 1.807) is 9.03 Å². The maximum atomic E-state index is 13.1. The largest absolute Gasteiger partial charge is 0.444 e. The van der Waals surface area contributed by atoms with Crippen molar-refractivity contribution in [3.05, 3.63) is 56.6 Å². The molecule has 4 fully saturated rings. The highest BCUT2D eigenvalue weighted by Gasteiger charge is 2.48. The van der Waals surface area contributed by atoms with Crippen molar-refractivity contribution in [3.63, 3.8) is 0 Å². The molecule has 16 nitrogen and oxygen atoms in total. The Labute approximate surface area is 420 Å². The van der Waals surface area contributed by atoms with Gasteiger partial charge in [0.25, 0.3) is 0 Å². The number of benzene rings is 2. The number of nitrogens with one attached hydrogen (secondary N) is 4. The quantitative estimate of drug-likeness (QED) is 0.200. The molecule has 384 valence electrons. The minimum absolute atomic E-state index is 0. The third-order valence-electron chi connectivity index (χ3n) is 15.6. The van der Waals surface area contributed by atoms with Crippen LogP contribution >= 0.6 is 23.1 Å². The maximum absolute atomic E-state index is 13.1. The molecule has 5 amide bonds. The summed E-state index contributed by atoms with van der Waals surface area (Å²) in [5, 5.41) is 5.64. The van der Waals surface area contributed by atoms with Crippen LogP contribution in [0.2, 0.25) is 0 Å². The number of halogens is 2. The fourth-order valence-electron chi connectivity index (χ4n) is 12.6. The number of carbonyl (C=O) groups is 3. The van der Waals surface area contributed by atoms with E-state index in [1.165, 1.54) is 33.4 Å². The Bertz CT molecular complexity index is 2410. The molecule has 10 rings (SSSR count). The first kappa shape index (κ1) is 53.4. The van der Waals surface area contributed by atoms with Crippen LogP contribution in [0, 0.1) is 0 Å². The Kier molecular flexibility index (Phi) is 16.5. The summed E-state index contributed by atoms with van der Waals surface area (Å²) in [7, 11) is 5.47. The summed E-state index contributed by atoms with van der Waals surface area (Å²) in [5.74, 6) is 0. The normalized spacial score (nSPS) is 25.3. The van der Waals surface area contributed by atoms with Gasteiger partial charge in [-0.3, -0.25) is 0 Å². The van der Waals surface area contributed by atoms with Crippen LogP contribution in [0.1, 0.15) is 142 Å². The molecule has 0 aromatic heterocycles. The van der Waals surface area contributed by atoms with Crippen molar-refractivity contribution >= 4 is 72.1 Å².